The van der Waals surface area contributed by atoms with Gasteiger partial charge in [0.15, 0.2) is 11.5 Å². The van der Waals surface area contributed by atoms with Crippen molar-refractivity contribution >= 4 is 0 Å². The van der Waals surface area contributed by atoms with Crippen LogP contribution in [0, 0.1) is 5.92 Å². The predicted octanol–water partition coefficient (Wildman–Crippen LogP) is 5.71. The second-order valence-electron chi connectivity index (χ2n) is 10.1. The van der Waals surface area contributed by atoms with Crippen LogP contribution in [0.3, 0.4) is 0 Å². The number of aromatic nitrogens is 1. The molecule has 1 saturated heterocycles. The molecule has 1 aliphatic heterocycles. The Morgan fingerprint density at radius 2 is 1.63 bits per heavy atom. The number of fused-ring (bicyclic) bond motifs is 3. The molecule has 1 aromatic heterocycles. The molecule has 0 bridgehead atoms. The number of methoxy groups -OCH3 is 1. The zero-order chi connectivity index (χ0) is 26.1. The van der Waals surface area contributed by atoms with Crippen molar-refractivity contribution in [2.75, 3.05) is 13.7 Å². The molecule has 0 radical (unpaired) electrons. The smallest absolute Gasteiger partial charge is 0.161 e. The molecule has 3 atom stereocenters. The third kappa shape index (κ3) is 4.73. The molecular formula is C32H33N3O3. The number of ether oxygens (including phenoxy) is 2. The number of nitrogens with one attached hydrogen (secondary N) is 2. The van der Waals surface area contributed by atoms with Gasteiger partial charge in [-0.2, -0.15) is 0 Å². The van der Waals surface area contributed by atoms with Crippen LogP contribution in [0.5, 0.6) is 17.2 Å². The highest BCUT2D eigenvalue weighted by Crippen LogP contribution is 2.48. The molecular weight excluding hydrogens is 474 g/mol. The first-order valence-electron chi connectivity index (χ1n) is 13.3. The van der Waals surface area contributed by atoms with E-state index >= 15 is 0 Å². The number of phenols is 1. The van der Waals surface area contributed by atoms with Crippen molar-refractivity contribution in [3.8, 4) is 28.4 Å². The summed E-state index contributed by atoms with van der Waals surface area (Å²) in [5, 5.41) is 9.58. The molecule has 1 aliphatic carbocycles. The van der Waals surface area contributed by atoms with E-state index in [1.807, 2.05) is 18.3 Å². The second-order valence-corrected chi connectivity index (χ2v) is 10.1. The van der Waals surface area contributed by atoms with E-state index in [0.29, 0.717) is 12.5 Å². The lowest BCUT2D eigenvalue weighted by Crippen LogP contribution is -2.27. The molecule has 3 unspecified atom stereocenters. The van der Waals surface area contributed by atoms with Crippen molar-refractivity contribution in [3.63, 3.8) is 0 Å². The van der Waals surface area contributed by atoms with Crippen molar-refractivity contribution < 1.29 is 14.6 Å². The third-order valence-corrected chi connectivity index (χ3v) is 7.85. The maximum Gasteiger partial charge on any atom is 0.161 e. The minimum absolute atomic E-state index is 0.203. The summed E-state index contributed by atoms with van der Waals surface area (Å²) in [4.78, 5) is 4.55. The Balaban J connectivity index is 1.15. The van der Waals surface area contributed by atoms with Gasteiger partial charge in [0.25, 0.3) is 0 Å². The van der Waals surface area contributed by atoms with Crippen LogP contribution < -0.4 is 20.3 Å². The molecule has 6 heteroatoms. The highest BCUT2D eigenvalue weighted by Gasteiger charge is 2.43. The van der Waals surface area contributed by atoms with Crippen LogP contribution in [-0.2, 0) is 19.3 Å². The van der Waals surface area contributed by atoms with Crippen LogP contribution in [0.15, 0.2) is 79.0 Å². The van der Waals surface area contributed by atoms with Crippen LogP contribution >= 0.6 is 0 Å². The molecule has 6 nitrogen and oxygen atoms in total. The van der Waals surface area contributed by atoms with E-state index in [1.54, 1.807) is 19.2 Å². The summed E-state index contributed by atoms with van der Waals surface area (Å²) < 4.78 is 11.9. The fourth-order valence-electron chi connectivity index (χ4n) is 5.69. The van der Waals surface area contributed by atoms with E-state index in [0.717, 1.165) is 47.6 Å². The summed E-state index contributed by atoms with van der Waals surface area (Å²) in [5.41, 5.74) is 15.4. The van der Waals surface area contributed by atoms with Crippen molar-refractivity contribution in [2.45, 2.75) is 38.3 Å². The van der Waals surface area contributed by atoms with Crippen molar-refractivity contribution in [1.29, 1.82) is 0 Å². The van der Waals surface area contributed by atoms with E-state index in [9.17, 15) is 5.11 Å². The van der Waals surface area contributed by atoms with Gasteiger partial charge in [0, 0.05) is 24.2 Å². The summed E-state index contributed by atoms with van der Waals surface area (Å²) in [5.74, 6) is 2.23. The van der Waals surface area contributed by atoms with Crippen LogP contribution in [-0.4, -0.2) is 23.8 Å². The van der Waals surface area contributed by atoms with Crippen LogP contribution in [0.2, 0.25) is 0 Å². The Hall–Kier alpha value is -3.87. The number of phenolic OH excluding ortho intramolecular Hbond substituents is 1. The summed E-state index contributed by atoms with van der Waals surface area (Å²) >= 11 is 0. The van der Waals surface area contributed by atoms with Crippen LogP contribution in [0.4, 0.5) is 0 Å². The van der Waals surface area contributed by atoms with Gasteiger partial charge >= 0.3 is 0 Å². The van der Waals surface area contributed by atoms with Gasteiger partial charge in [0.05, 0.1) is 25.8 Å². The largest absolute Gasteiger partial charge is 0.508 e. The fourth-order valence-corrected chi connectivity index (χ4v) is 5.69. The van der Waals surface area contributed by atoms with Gasteiger partial charge in [0.2, 0.25) is 0 Å². The zero-order valence-corrected chi connectivity index (χ0v) is 21.8. The number of aryl methyl sites for hydroxylation is 1. The predicted molar refractivity (Wildman–Crippen MR) is 148 cm³/mol. The SMILES string of the molecule is CCc1ccc(CCOc2cc3c(cc2OC)C2NNC(c4ccc(-c5ccc(O)cc5)cc4)C2C3)nc1. The molecule has 3 aromatic carbocycles. The number of benzene rings is 3. The minimum Gasteiger partial charge on any atom is -0.508 e. The van der Waals surface area contributed by atoms with Gasteiger partial charge in [-0.3, -0.25) is 4.98 Å². The molecule has 194 valence electrons. The van der Waals surface area contributed by atoms with E-state index in [2.05, 4.69) is 71.3 Å². The first-order valence-corrected chi connectivity index (χ1v) is 13.3. The molecule has 6 rings (SSSR count). The number of rotatable bonds is 8. The molecule has 3 N–H and O–H groups in total. The van der Waals surface area contributed by atoms with Gasteiger partial charge < -0.3 is 14.6 Å². The minimum atomic E-state index is 0.203. The molecule has 0 amide bonds. The van der Waals surface area contributed by atoms with E-state index in [1.165, 1.54) is 22.3 Å². The fraction of sp³-hybridized carbons (Fsp3) is 0.281. The number of aromatic hydroxyl groups is 1. The summed E-state index contributed by atoms with van der Waals surface area (Å²) in [6.07, 6.45) is 4.66. The highest BCUT2D eigenvalue weighted by molar-refractivity contribution is 5.64. The lowest BCUT2D eigenvalue weighted by Gasteiger charge is -2.18. The Bertz CT molecular complexity index is 1400. The Morgan fingerprint density at radius 3 is 2.32 bits per heavy atom. The molecule has 38 heavy (non-hydrogen) atoms. The number of hydrogen-bond acceptors (Lipinski definition) is 6. The lowest BCUT2D eigenvalue weighted by atomic mass is 9.89. The maximum atomic E-state index is 9.58. The maximum absolute atomic E-state index is 9.58. The molecule has 4 aromatic rings. The van der Waals surface area contributed by atoms with Crippen molar-refractivity contribution in [3.05, 3.63) is 107 Å². The number of nitrogens with zero attached hydrogens (tertiary/aromatic N) is 1. The molecule has 0 spiro atoms. The quantitative estimate of drug-likeness (QED) is 0.284. The molecule has 2 aliphatic rings. The van der Waals surface area contributed by atoms with Crippen molar-refractivity contribution in [1.82, 2.24) is 15.8 Å². The van der Waals surface area contributed by atoms with Gasteiger partial charge in [0.1, 0.15) is 5.75 Å². The van der Waals surface area contributed by atoms with E-state index in [4.69, 9.17) is 9.47 Å². The zero-order valence-electron chi connectivity index (χ0n) is 21.8. The van der Waals surface area contributed by atoms with Gasteiger partial charge in [-0.1, -0.05) is 49.4 Å². The number of pyridine rings is 1. The normalized spacial score (nSPS) is 19.7. The van der Waals surface area contributed by atoms with Gasteiger partial charge in [-0.25, -0.2) is 10.9 Å². The topological polar surface area (TPSA) is 75.6 Å². The van der Waals surface area contributed by atoms with Gasteiger partial charge in [-0.15, -0.1) is 0 Å². The van der Waals surface area contributed by atoms with Crippen LogP contribution in [0.25, 0.3) is 11.1 Å². The first-order chi connectivity index (χ1) is 18.6. The molecule has 0 saturated carbocycles. The van der Waals surface area contributed by atoms with Crippen molar-refractivity contribution in [2.24, 2.45) is 5.92 Å². The third-order valence-electron chi connectivity index (χ3n) is 7.85. The number of hydrogen-bond donors (Lipinski definition) is 3. The number of hydrazine groups is 1. The Kier molecular flexibility index (Phi) is 6.75. The summed E-state index contributed by atoms with van der Waals surface area (Å²) in [6, 6.07) is 24.9. The lowest BCUT2D eigenvalue weighted by molar-refractivity contribution is 0.296. The van der Waals surface area contributed by atoms with E-state index < -0.39 is 0 Å². The second kappa shape index (κ2) is 10.5. The highest BCUT2D eigenvalue weighted by atomic mass is 16.5. The average Bonchev–Trinajstić information content (AvgIpc) is 3.52. The Morgan fingerprint density at radius 1 is 0.895 bits per heavy atom. The summed E-state index contributed by atoms with van der Waals surface area (Å²) in [6.45, 7) is 2.69. The monoisotopic (exact) mass is 507 g/mol. The molecule has 2 heterocycles. The Labute approximate surface area is 223 Å². The van der Waals surface area contributed by atoms with Gasteiger partial charge in [-0.05, 0) is 76.6 Å². The molecule has 1 fully saturated rings. The summed E-state index contributed by atoms with van der Waals surface area (Å²) in [7, 11) is 1.70. The van der Waals surface area contributed by atoms with Crippen LogP contribution in [0.1, 0.15) is 47.0 Å². The average molecular weight is 508 g/mol. The standard InChI is InChI=1S/C32H33N3O3/c1-3-20-4-11-25(33-19-20)14-15-38-30-17-24-16-28-31(34-35-32(28)27(24)18-29(30)37-2)23-7-5-21(6-8-23)22-9-12-26(36)13-10-22/h4-13,17-19,28,31-32,34-36H,3,14-16H2,1-2H3. The van der Waals surface area contributed by atoms with E-state index in [-0.39, 0.29) is 17.8 Å². The first kappa shape index (κ1) is 24.5.